The molecule has 88 valence electrons. The molecule has 1 saturated heterocycles. The van der Waals surface area contributed by atoms with E-state index in [9.17, 15) is 8.42 Å². The minimum absolute atomic E-state index is 0.107. The molecule has 0 bridgehead atoms. The molecule has 0 amide bonds. The van der Waals surface area contributed by atoms with Crippen molar-refractivity contribution in [2.75, 3.05) is 12.4 Å². The summed E-state index contributed by atoms with van der Waals surface area (Å²) in [5, 5.41) is 0. The predicted octanol–water partition coefficient (Wildman–Crippen LogP) is 1.95. The van der Waals surface area contributed by atoms with Crippen molar-refractivity contribution >= 4 is 9.84 Å². The Morgan fingerprint density at radius 3 is 2.56 bits per heavy atom. The van der Waals surface area contributed by atoms with Crippen LogP contribution in [-0.4, -0.2) is 26.9 Å². The van der Waals surface area contributed by atoms with Gasteiger partial charge in [0.25, 0.3) is 0 Å². The molecule has 0 aromatic heterocycles. The Morgan fingerprint density at radius 1 is 1.31 bits per heavy atom. The van der Waals surface area contributed by atoms with Crippen molar-refractivity contribution < 1.29 is 13.2 Å². The number of benzene rings is 1. The summed E-state index contributed by atoms with van der Waals surface area (Å²) in [6, 6.07) is 6.98. The van der Waals surface area contributed by atoms with Crippen LogP contribution in [0.25, 0.3) is 0 Å². The van der Waals surface area contributed by atoms with E-state index in [1.165, 1.54) is 0 Å². The van der Waals surface area contributed by atoms with Gasteiger partial charge in [0, 0.05) is 6.61 Å². The molecule has 1 aliphatic heterocycles. The molecule has 0 saturated carbocycles. The highest BCUT2D eigenvalue weighted by Crippen LogP contribution is 2.19. The van der Waals surface area contributed by atoms with Gasteiger partial charge in [0.1, 0.15) is 0 Å². The lowest BCUT2D eigenvalue weighted by Crippen LogP contribution is -2.20. The molecule has 1 fully saturated rings. The minimum atomic E-state index is -3.19. The zero-order chi connectivity index (χ0) is 11.6. The summed E-state index contributed by atoms with van der Waals surface area (Å²) in [7, 11) is -3.19. The monoisotopic (exact) mass is 240 g/mol. The van der Waals surface area contributed by atoms with E-state index >= 15 is 0 Å². The van der Waals surface area contributed by atoms with Crippen molar-refractivity contribution in [3.63, 3.8) is 0 Å². The Balaban J connectivity index is 2.14. The van der Waals surface area contributed by atoms with E-state index in [2.05, 4.69) is 0 Å². The second-order valence-electron chi connectivity index (χ2n) is 4.23. The average Bonchev–Trinajstić information content (AvgIpc) is 2.70. The quantitative estimate of drug-likeness (QED) is 0.811. The Morgan fingerprint density at radius 2 is 2.00 bits per heavy atom. The highest BCUT2D eigenvalue weighted by molar-refractivity contribution is 7.91. The Hall–Kier alpha value is -0.870. The number of hydrogen-bond donors (Lipinski definition) is 0. The molecule has 1 aliphatic rings. The van der Waals surface area contributed by atoms with Crippen molar-refractivity contribution in [3.05, 3.63) is 29.8 Å². The van der Waals surface area contributed by atoms with Gasteiger partial charge >= 0.3 is 0 Å². The third-order valence-corrected chi connectivity index (χ3v) is 4.61. The molecule has 1 aromatic carbocycles. The maximum absolute atomic E-state index is 12.0. The van der Waals surface area contributed by atoms with Crippen LogP contribution in [-0.2, 0) is 14.6 Å². The first kappa shape index (κ1) is 11.6. The van der Waals surface area contributed by atoms with Gasteiger partial charge in [0.2, 0.25) is 0 Å². The third kappa shape index (κ3) is 2.62. The van der Waals surface area contributed by atoms with Crippen LogP contribution in [0, 0.1) is 6.92 Å². The summed E-state index contributed by atoms with van der Waals surface area (Å²) in [5.41, 5.74) is 1.07. The van der Waals surface area contributed by atoms with Gasteiger partial charge in [-0.1, -0.05) is 17.7 Å². The lowest BCUT2D eigenvalue weighted by molar-refractivity contribution is 0.127. The van der Waals surface area contributed by atoms with Crippen LogP contribution in [0.5, 0.6) is 0 Å². The van der Waals surface area contributed by atoms with Gasteiger partial charge in [0.05, 0.1) is 16.8 Å². The van der Waals surface area contributed by atoms with Crippen LogP contribution in [0.4, 0.5) is 0 Å². The third-order valence-electron chi connectivity index (χ3n) is 2.81. The molecule has 3 nitrogen and oxygen atoms in total. The van der Waals surface area contributed by atoms with Gasteiger partial charge in [-0.3, -0.25) is 0 Å². The van der Waals surface area contributed by atoms with Gasteiger partial charge in [0.15, 0.2) is 9.84 Å². The molecule has 0 N–H and O–H groups in total. The van der Waals surface area contributed by atoms with Gasteiger partial charge in [-0.2, -0.15) is 0 Å². The molecule has 2 rings (SSSR count). The summed E-state index contributed by atoms with van der Waals surface area (Å²) in [5.74, 6) is 0.107. The van der Waals surface area contributed by atoms with Crippen LogP contribution in [0.1, 0.15) is 18.4 Å². The van der Waals surface area contributed by atoms with E-state index in [1.807, 2.05) is 19.1 Å². The predicted molar refractivity (Wildman–Crippen MR) is 62.2 cm³/mol. The first-order valence-electron chi connectivity index (χ1n) is 5.49. The van der Waals surface area contributed by atoms with Gasteiger partial charge in [-0.25, -0.2) is 8.42 Å². The van der Waals surface area contributed by atoms with Crippen LogP contribution in [0.3, 0.4) is 0 Å². The Labute approximate surface area is 96.4 Å². The summed E-state index contributed by atoms with van der Waals surface area (Å²) in [6.45, 7) is 2.63. The number of aryl methyl sites for hydroxylation is 1. The molecule has 4 heteroatoms. The minimum Gasteiger partial charge on any atom is -0.377 e. The van der Waals surface area contributed by atoms with Gasteiger partial charge < -0.3 is 4.74 Å². The van der Waals surface area contributed by atoms with Crippen molar-refractivity contribution in [2.24, 2.45) is 0 Å². The van der Waals surface area contributed by atoms with Crippen LogP contribution >= 0.6 is 0 Å². The molecular formula is C12H16O3S. The largest absolute Gasteiger partial charge is 0.377 e. The van der Waals surface area contributed by atoms with Crippen molar-refractivity contribution in [1.82, 2.24) is 0 Å². The summed E-state index contributed by atoms with van der Waals surface area (Å²) in [4.78, 5) is 0.397. The first-order valence-corrected chi connectivity index (χ1v) is 7.14. The normalized spacial score (nSPS) is 21.2. The van der Waals surface area contributed by atoms with Crippen LogP contribution < -0.4 is 0 Å². The van der Waals surface area contributed by atoms with E-state index in [0.29, 0.717) is 11.5 Å². The molecular weight excluding hydrogens is 224 g/mol. The summed E-state index contributed by atoms with van der Waals surface area (Å²) < 4.78 is 29.4. The van der Waals surface area contributed by atoms with E-state index in [-0.39, 0.29) is 11.9 Å². The van der Waals surface area contributed by atoms with Crippen LogP contribution in [0.2, 0.25) is 0 Å². The molecule has 16 heavy (non-hydrogen) atoms. The lowest BCUT2D eigenvalue weighted by atomic mass is 10.2. The summed E-state index contributed by atoms with van der Waals surface area (Å²) in [6.07, 6.45) is 1.70. The average molecular weight is 240 g/mol. The fraction of sp³-hybridized carbons (Fsp3) is 0.500. The number of sulfone groups is 1. The molecule has 1 aromatic rings. The summed E-state index contributed by atoms with van der Waals surface area (Å²) >= 11 is 0. The first-order chi connectivity index (χ1) is 7.58. The highest BCUT2D eigenvalue weighted by Gasteiger charge is 2.24. The number of rotatable bonds is 3. The zero-order valence-electron chi connectivity index (χ0n) is 9.35. The second-order valence-corrected chi connectivity index (χ2v) is 6.26. The maximum atomic E-state index is 12.0. The molecule has 0 radical (unpaired) electrons. The number of ether oxygens (including phenoxy) is 1. The van der Waals surface area contributed by atoms with E-state index in [4.69, 9.17) is 4.74 Å². The van der Waals surface area contributed by atoms with Crippen molar-refractivity contribution in [2.45, 2.75) is 30.8 Å². The van der Waals surface area contributed by atoms with Gasteiger partial charge in [-0.15, -0.1) is 0 Å². The van der Waals surface area contributed by atoms with E-state index < -0.39 is 9.84 Å². The highest BCUT2D eigenvalue weighted by atomic mass is 32.2. The van der Waals surface area contributed by atoms with Crippen molar-refractivity contribution in [1.29, 1.82) is 0 Å². The molecule has 0 aliphatic carbocycles. The fourth-order valence-electron chi connectivity index (χ4n) is 1.86. The SMILES string of the molecule is Cc1ccc(S(=O)(=O)CC2CCCO2)cc1. The van der Waals surface area contributed by atoms with Gasteiger partial charge in [-0.05, 0) is 31.9 Å². The Kier molecular flexibility index (Phi) is 3.30. The second kappa shape index (κ2) is 4.55. The molecule has 1 atom stereocenters. The smallest absolute Gasteiger partial charge is 0.180 e. The van der Waals surface area contributed by atoms with Crippen molar-refractivity contribution in [3.8, 4) is 0 Å². The zero-order valence-corrected chi connectivity index (χ0v) is 10.2. The van der Waals surface area contributed by atoms with E-state index in [1.54, 1.807) is 12.1 Å². The van der Waals surface area contributed by atoms with Crippen LogP contribution in [0.15, 0.2) is 29.2 Å². The Bertz CT molecular complexity index is 442. The maximum Gasteiger partial charge on any atom is 0.180 e. The standard InChI is InChI=1S/C12H16O3S/c1-10-4-6-12(7-5-10)16(13,14)9-11-3-2-8-15-11/h4-7,11H,2-3,8-9H2,1H3. The fourth-order valence-corrected chi connectivity index (χ4v) is 3.36. The van der Waals surface area contributed by atoms with E-state index in [0.717, 1.165) is 18.4 Å². The molecule has 1 heterocycles. The molecule has 0 spiro atoms. The molecule has 1 unspecified atom stereocenters. The topological polar surface area (TPSA) is 43.4 Å². The number of hydrogen-bond acceptors (Lipinski definition) is 3. The lowest BCUT2D eigenvalue weighted by Gasteiger charge is -2.10.